The van der Waals surface area contributed by atoms with Crippen LogP contribution in [0.3, 0.4) is 0 Å². The summed E-state index contributed by atoms with van der Waals surface area (Å²) in [6.45, 7) is 14.1. The average Bonchev–Trinajstić information content (AvgIpc) is 2.10. The van der Waals surface area contributed by atoms with Gasteiger partial charge < -0.3 is 14.8 Å². The molecule has 1 atom stereocenters. The highest BCUT2D eigenvalue weighted by Crippen LogP contribution is 2.13. The average molecular weight is 271 g/mol. The number of esters is 2. The Labute approximate surface area is 115 Å². The van der Waals surface area contributed by atoms with Gasteiger partial charge in [-0.1, -0.05) is 6.58 Å². The summed E-state index contributed by atoms with van der Waals surface area (Å²) < 4.78 is 10.4. The molecule has 1 N–H and O–H groups in total. The molecule has 0 aromatic heterocycles. The molecule has 0 aromatic rings. The predicted molar refractivity (Wildman–Crippen MR) is 73.4 cm³/mol. The van der Waals surface area contributed by atoms with Crippen LogP contribution in [0.25, 0.3) is 0 Å². The Morgan fingerprint density at radius 3 is 1.95 bits per heavy atom. The summed E-state index contributed by atoms with van der Waals surface area (Å²) in [4.78, 5) is 23.6. The SMILES string of the molecule is C=CN[C@H](CC(=O)OC(C)(C)C)C(=O)OC(C)(C)C. The van der Waals surface area contributed by atoms with E-state index in [-0.39, 0.29) is 6.42 Å². The molecule has 5 nitrogen and oxygen atoms in total. The minimum Gasteiger partial charge on any atom is -0.460 e. The van der Waals surface area contributed by atoms with Crippen molar-refractivity contribution < 1.29 is 19.1 Å². The number of carbonyl (C=O) groups excluding carboxylic acids is 2. The van der Waals surface area contributed by atoms with E-state index in [2.05, 4.69) is 11.9 Å². The second-order valence-corrected chi connectivity index (χ2v) is 6.25. The van der Waals surface area contributed by atoms with Crippen molar-refractivity contribution in [2.24, 2.45) is 0 Å². The largest absolute Gasteiger partial charge is 0.460 e. The van der Waals surface area contributed by atoms with E-state index in [9.17, 15) is 9.59 Å². The van der Waals surface area contributed by atoms with Gasteiger partial charge in [-0.2, -0.15) is 0 Å². The Hall–Kier alpha value is -1.52. The molecule has 0 aliphatic rings. The Balaban J connectivity index is 4.61. The van der Waals surface area contributed by atoms with Crippen molar-refractivity contribution in [3.05, 3.63) is 12.8 Å². The van der Waals surface area contributed by atoms with E-state index in [0.29, 0.717) is 0 Å². The van der Waals surface area contributed by atoms with E-state index < -0.39 is 29.2 Å². The third kappa shape index (κ3) is 9.11. The number of hydrogen-bond acceptors (Lipinski definition) is 5. The number of hydrogen-bond donors (Lipinski definition) is 1. The van der Waals surface area contributed by atoms with Crippen LogP contribution in [-0.2, 0) is 19.1 Å². The first-order valence-corrected chi connectivity index (χ1v) is 6.26. The fourth-order valence-corrected chi connectivity index (χ4v) is 1.28. The van der Waals surface area contributed by atoms with Crippen molar-refractivity contribution in [1.29, 1.82) is 0 Å². The van der Waals surface area contributed by atoms with Gasteiger partial charge in [0.25, 0.3) is 0 Å². The quantitative estimate of drug-likeness (QED) is 0.776. The highest BCUT2D eigenvalue weighted by molar-refractivity contribution is 5.83. The summed E-state index contributed by atoms with van der Waals surface area (Å²) >= 11 is 0. The van der Waals surface area contributed by atoms with Gasteiger partial charge in [-0.25, -0.2) is 4.79 Å². The van der Waals surface area contributed by atoms with Crippen molar-refractivity contribution in [1.82, 2.24) is 5.32 Å². The molecule has 0 unspecified atom stereocenters. The maximum atomic E-state index is 11.9. The van der Waals surface area contributed by atoms with Gasteiger partial charge in [0, 0.05) is 0 Å². The lowest BCUT2D eigenvalue weighted by molar-refractivity contribution is -0.164. The number of nitrogens with one attached hydrogen (secondary N) is 1. The maximum absolute atomic E-state index is 11.9. The maximum Gasteiger partial charge on any atom is 0.329 e. The second kappa shape index (κ2) is 6.59. The van der Waals surface area contributed by atoms with Gasteiger partial charge in [-0.15, -0.1) is 0 Å². The van der Waals surface area contributed by atoms with E-state index in [4.69, 9.17) is 9.47 Å². The van der Waals surface area contributed by atoms with E-state index in [1.165, 1.54) is 6.20 Å². The summed E-state index contributed by atoms with van der Waals surface area (Å²) in [5.74, 6) is -0.962. The molecule has 0 amide bonds. The summed E-state index contributed by atoms with van der Waals surface area (Å²) in [5.41, 5.74) is -1.18. The molecular formula is C14H25NO4. The Morgan fingerprint density at radius 2 is 1.58 bits per heavy atom. The van der Waals surface area contributed by atoms with Gasteiger partial charge in [0.05, 0.1) is 6.42 Å². The summed E-state index contributed by atoms with van der Waals surface area (Å²) in [6.07, 6.45) is 1.26. The van der Waals surface area contributed by atoms with Gasteiger partial charge in [0.2, 0.25) is 0 Å². The van der Waals surface area contributed by atoms with E-state index in [0.717, 1.165) is 0 Å². The van der Waals surface area contributed by atoms with Crippen molar-refractivity contribution in [3.63, 3.8) is 0 Å². The molecule has 0 aliphatic carbocycles. The molecule has 0 radical (unpaired) electrons. The fraction of sp³-hybridized carbons (Fsp3) is 0.714. The lowest BCUT2D eigenvalue weighted by atomic mass is 10.1. The predicted octanol–water partition coefficient (Wildman–Crippen LogP) is 2.16. The van der Waals surface area contributed by atoms with Crippen LogP contribution in [0.4, 0.5) is 0 Å². The van der Waals surface area contributed by atoms with Crippen LogP contribution >= 0.6 is 0 Å². The first-order valence-electron chi connectivity index (χ1n) is 6.26. The minimum atomic E-state index is -0.786. The normalized spacial score (nSPS) is 13.4. The lowest BCUT2D eigenvalue weighted by Crippen LogP contribution is -2.41. The Morgan fingerprint density at radius 1 is 1.11 bits per heavy atom. The molecule has 0 aromatic carbocycles. The van der Waals surface area contributed by atoms with Gasteiger partial charge in [0.15, 0.2) is 0 Å². The first-order chi connectivity index (χ1) is 8.44. The van der Waals surface area contributed by atoms with Crippen molar-refractivity contribution >= 4 is 11.9 Å². The van der Waals surface area contributed by atoms with Crippen LogP contribution in [0.1, 0.15) is 48.0 Å². The summed E-state index contributed by atoms with van der Waals surface area (Å²) in [5, 5.41) is 2.71. The van der Waals surface area contributed by atoms with Crippen LogP contribution < -0.4 is 5.32 Å². The smallest absolute Gasteiger partial charge is 0.329 e. The van der Waals surface area contributed by atoms with Crippen LogP contribution in [0, 0.1) is 0 Å². The Kier molecular flexibility index (Phi) is 6.06. The fourth-order valence-electron chi connectivity index (χ4n) is 1.28. The number of carbonyl (C=O) groups is 2. The van der Waals surface area contributed by atoms with Crippen molar-refractivity contribution in [2.75, 3.05) is 0 Å². The van der Waals surface area contributed by atoms with Gasteiger partial charge in [0.1, 0.15) is 17.2 Å². The van der Waals surface area contributed by atoms with E-state index >= 15 is 0 Å². The molecule has 0 bridgehead atoms. The van der Waals surface area contributed by atoms with Gasteiger partial charge >= 0.3 is 11.9 Å². The third-order valence-electron chi connectivity index (χ3n) is 1.80. The molecule has 0 rings (SSSR count). The van der Waals surface area contributed by atoms with Crippen LogP contribution in [-0.4, -0.2) is 29.2 Å². The molecule has 19 heavy (non-hydrogen) atoms. The molecule has 0 saturated carbocycles. The second-order valence-electron chi connectivity index (χ2n) is 6.25. The number of ether oxygens (including phenoxy) is 2. The molecule has 110 valence electrons. The molecule has 0 heterocycles. The van der Waals surface area contributed by atoms with Gasteiger partial charge in [-0.3, -0.25) is 4.79 Å². The minimum absolute atomic E-state index is 0.0990. The van der Waals surface area contributed by atoms with Crippen LogP contribution in [0.2, 0.25) is 0 Å². The Bertz CT molecular complexity index is 336. The zero-order valence-corrected chi connectivity index (χ0v) is 12.7. The van der Waals surface area contributed by atoms with E-state index in [1.54, 1.807) is 41.5 Å². The molecule has 0 saturated heterocycles. The zero-order chi connectivity index (χ0) is 15.3. The van der Waals surface area contributed by atoms with Crippen molar-refractivity contribution in [3.8, 4) is 0 Å². The lowest BCUT2D eigenvalue weighted by Gasteiger charge is -2.25. The third-order valence-corrected chi connectivity index (χ3v) is 1.80. The molecule has 0 fully saturated rings. The standard InChI is InChI=1S/C14H25NO4/c1-8-15-10(12(17)19-14(5,6)7)9-11(16)18-13(2,3)4/h8,10,15H,1,9H2,2-7H3/t10-/m1/s1. The molecule has 0 spiro atoms. The first kappa shape index (κ1) is 17.5. The molecular weight excluding hydrogens is 246 g/mol. The molecule has 5 heteroatoms. The van der Waals surface area contributed by atoms with Crippen molar-refractivity contribution in [2.45, 2.75) is 65.2 Å². The number of rotatable bonds is 5. The van der Waals surface area contributed by atoms with E-state index in [1.807, 2.05) is 0 Å². The monoisotopic (exact) mass is 271 g/mol. The summed E-state index contributed by atoms with van der Waals surface area (Å²) in [6, 6.07) is -0.786. The summed E-state index contributed by atoms with van der Waals surface area (Å²) in [7, 11) is 0. The molecule has 0 aliphatic heterocycles. The van der Waals surface area contributed by atoms with Gasteiger partial charge in [-0.05, 0) is 47.7 Å². The zero-order valence-electron chi connectivity index (χ0n) is 12.7. The highest BCUT2D eigenvalue weighted by Gasteiger charge is 2.28. The topological polar surface area (TPSA) is 64.6 Å². The van der Waals surface area contributed by atoms with Crippen LogP contribution in [0.15, 0.2) is 12.8 Å². The van der Waals surface area contributed by atoms with Crippen LogP contribution in [0.5, 0.6) is 0 Å². The highest BCUT2D eigenvalue weighted by atomic mass is 16.6.